The molecule has 4 atom stereocenters. The van der Waals surface area contributed by atoms with Crippen molar-refractivity contribution in [3.8, 4) is 0 Å². The van der Waals surface area contributed by atoms with Crippen LogP contribution in [0.25, 0.3) is 0 Å². The van der Waals surface area contributed by atoms with E-state index in [0.29, 0.717) is 0 Å². The lowest BCUT2D eigenvalue weighted by Gasteiger charge is -2.38. The molecule has 1 aliphatic rings. The van der Waals surface area contributed by atoms with Gasteiger partial charge in [-0.2, -0.15) is 0 Å². The van der Waals surface area contributed by atoms with E-state index in [1.807, 2.05) is 0 Å². The average Bonchev–Trinajstić information content (AvgIpc) is 2.09. The highest BCUT2D eigenvalue weighted by molar-refractivity contribution is 5.73. The van der Waals surface area contributed by atoms with Crippen LogP contribution in [0.3, 0.4) is 0 Å². The van der Waals surface area contributed by atoms with E-state index in [4.69, 9.17) is 9.47 Å². The van der Waals surface area contributed by atoms with Gasteiger partial charge in [-0.05, 0) is 6.92 Å². The van der Waals surface area contributed by atoms with Crippen LogP contribution in [0.1, 0.15) is 27.2 Å². The zero-order valence-electron chi connectivity index (χ0n) is 9.60. The van der Waals surface area contributed by atoms with Crippen LogP contribution in [0, 0.1) is 0 Å². The standard InChI is InChI=1S/C10H17NO5/c1-5-10(16-7(3)13)8(11-6(2)12)4-9(14)15-5/h5,8-10,14H,4H2,1-3H3,(H,11,12)/t5-,8-,9?,10-/m0/s1. The Morgan fingerprint density at radius 1 is 1.44 bits per heavy atom. The van der Waals surface area contributed by atoms with Crippen molar-refractivity contribution in [2.75, 3.05) is 0 Å². The van der Waals surface area contributed by atoms with E-state index < -0.39 is 30.5 Å². The number of carbonyl (C=O) groups excluding carboxylic acids is 2. The molecule has 2 N–H and O–H groups in total. The van der Waals surface area contributed by atoms with Crippen molar-refractivity contribution in [2.45, 2.75) is 51.7 Å². The number of amides is 1. The van der Waals surface area contributed by atoms with Crippen LogP contribution in [-0.4, -0.2) is 41.5 Å². The van der Waals surface area contributed by atoms with Crippen molar-refractivity contribution in [1.29, 1.82) is 0 Å². The van der Waals surface area contributed by atoms with Crippen molar-refractivity contribution >= 4 is 11.9 Å². The predicted octanol–water partition coefficient (Wildman–Crippen LogP) is -0.450. The first-order chi connectivity index (χ1) is 7.40. The number of hydrogen-bond donors (Lipinski definition) is 2. The highest BCUT2D eigenvalue weighted by Crippen LogP contribution is 2.21. The second-order valence-corrected chi connectivity index (χ2v) is 3.91. The van der Waals surface area contributed by atoms with Crippen LogP contribution in [0.4, 0.5) is 0 Å². The number of aliphatic hydroxyl groups excluding tert-OH is 1. The molecular formula is C10H17NO5. The Morgan fingerprint density at radius 3 is 2.56 bits per heavy atom. The predicted molar refractivity (Wildman–Crippen MR) is 54.3 cm³/mol. The van der Waals surface area contributed by atoms with E-state index in [0.717, 1.165) is 0 Å². The van der Waals surface area contributed by atoms with Crippen LogP contribution < -0.4 is 5.32 Å². The first-order valence-corrected chi connectivity index (χ1v) is 5.18. The van der Waals surface area contributed by atoms with Gasteiger partial charge in [0.1, 0.15) is 6.10 Å². The summed E-state index contributed by atoms with van der Waals surface area (Å²) in [4.78, 5) is 21.9. The van der Waals surface area contributed by atoms with Gasteiger partial charge in [-0.25, -0.2) is 0 Å². The van der Waals surface area contributed by atoms with Gasteiger partial charge in [-0.1, -0.05) is 0 Å². The smallest absolute Gasteiger partial charge is 0.303 e. The van der Waals surface area contributed by atoms with Gasteiger partial charge in [0.05, 0.1) is 12.1 Å². The summed E-state index contributed by atoms with van der Waals surface area (Å²) in [6.07, 6.45) is -1.75. The van der Waals surface area contributed by atoms with E-state index in [9.17, 15) is 14.7 Å². The van der Waals surface area contributed by atoms with Crippen molar-refractivity contribution in [1.82, 2.24) is 5.32 Å². The topological polar surface area (TPSA) is 84.9 Å². The molecule has 92 valence electrons. The van der Waals surface area contributed by atoms with Gasteiger partial charge in [-0.3, -0.25) is 9.59 Å². The summed E-state index contributed by atoms with van der Waals surface area (Å²) in [6.45, 7) is 4.35. The molecule has 1 heterocycles. The largest absolute Gasteiger partial charge is 0.458 e. The van der Waals surface area contributed by atoms with E-state index >= 15 is 0 Å². The third-order valence-corrected chi connectivity index (χ3v) is 2.38. The molecule has 0 radical (unpaired) electrons. The third kappa shape index (κ3) is 3.46. The number of nitrogens with one attached hydrogen (secondary N) is 1. The van der Waals surface area contributed by atoms with Gasteiger partial charge in [0.25, 0.3) is 0 Å². The fourth-order valence-corrected chi connectivity index (χ4v) is 1.83. The molecule has 0 saturated carbocycles. The molecule has 1 saturated heterocycles. The maximum absolute atomic E-state index is 11.0. The summed E-state index contributed by atoms with van der Waals surface area (Å²) in [6, 6.07) is -0.417. The first-order valence-electron chi connectivity index (χ1n) is 5.18. The molecule has 1 fully saturated rings. The van der Waals surface area contributed by atoms with Gasteiger partial charge < -0.3 is 19.9 Å². The summed E-state index contributed by atoms with van der Waals surface area (Å²) in [5.74, 6) is -0.671. The summed E-state index contributed by atoms with van der Waals surface area (Å²) >= 11 is 0. The maximum atomic E-state index is 11.0. The normalized spacial score (nSPS) is 34.2. The highest BCUT2D eigenvalue weighted by Gasteiger charge is 2.38. The molecule has 0 aromatic carbocycles. The Bertz CT molecular complexity index is 280. The number of carbonyl (C=O) groups is 2. The lowest BCUT2D eigenvalue weighted by atomic mass is 9.99. The summed E-state index contributed by atoms with van der Waals surface area (Å²) in [5.41, 5.74) is 0. The monoisotopic (exact) mass is 231 g/mol. The molecule has 1 amide bonds. The summed E-state index contributed by atoms with van der Waals surface area (Å²) in [5, 5.41) is 12.0. The second-order valence-electron chi connectivity index (χ2n) is 3.91. The Hall–Kier alpha value is -1.14. The molecule has 0 spiro atoms. The van der Waals surface area contributed by atoms with Crippen molar-refractivity contribution in [3.05, 3.63) is 0 Å². The Kier molecular flexibility index (Phi) is 4.26. The molecule has 0 aromatic rings. The molecule has 1 rings (SSSR count). The molecule has 0 bridgehead atoms. The number of esters is 1. The molecule has 0 aromatic heterocycles. The molecular weight excluding hydrogens is 214 g/mol. The Morgan fingerprint density at radius 2 is 2.06 bits per heavy atom. The first kappa shape index (κ1) is 12.9. The van der Waals surface area contributed by atoms with Crippen molar-refractivity contribution < 1.29 is 24.2 Å². The SMILES string of the molecule is CC(=O)N[C@H]1CC(O)O[C@@H](C)[C@@H]1OC(C)=O. The second kappa shape index (κ2) is 5.27. The van der Waals surface area contributed by atoms with Gasteiger partial charge in [0.2, 0.25) is 5.91 Å². The van der Waals surface area contributed by atoms with E-state index in [2.05, 4.69) is 5.32 Å². The number of hydrogen-bond acceptors (Lipinski definition) is 5. The van der Waals surface area contributed by atoms with Crippen LogP contribution in [0.15, 0.2) is 0 Å². The minimum absolute atomic E-state index is 0.210. The molecule has 1 unspecified atom stereocenters. The lowest BCUT2D eigenvalue weighted by Crippen LogP contribution is -2.56. The van der Waals surface area contributed by atoms with Crippen LogP contribution in [-0.2, 0) is 19.1 Å². The zero-order chi connectivity index (χ0) is 12.3. The van der Waals surface area contributed by atoms with E-state index in [1.54, 1.807) is 6.92 Å². The van der Waals surface area contributed by atoms with Gasteiger partial charge in [-0.15, -0.1) is 0 Å². The molecule has 0 aliphatic carbocycles. The van der Waals surface area contributed by atoms with Crippen LogP contribution in [0.2, 0.25) is 0 Å². The van der Waals surface area contributed by atoms with E-state index in [1.165, 1.54) is 13.8 Å². The average molecular weight is 231 g/mol. The van der Waals surface area contributed by atoms with Crippen LogP contribution in [0.5, 0.6) is 0 Å². The highest BCUT2D eigenvalue weighted by atomic mass is 16.6. The third-order valence-electron chi connectivity index (χ3n) is 2.38. The molecule has 16 heavy (non-hydrogen) atoms. The molecule has 6 heteroatoms. The number of ether oxygens (including phenoxy) is 2. The fourth-order valence-electron chi connectivity index (χ4n) is 1.83. The fraction of sp³-hybridized carbons (Fsp3) is 0.800. The minimum atomic E-state index is -0.946. The van der Waals surface area contributed by atoms with Gasteiger partial charge in [0.15, 0.2) is 6.29 Å². The van der Waals surface area contributed by atoms with Crippen molar-refractivity contribution in [3.63, 3.8) is 0 Å². The zero-order valence-corrected chi connectivity index (χ0v) is 9.60. The quantitative estimate of drug-likeness (QED) is 0.629. The number of rotatable bonds is 2. The van der Waals surface area contributed by atoms with Gasteiger partial charge >= 0.3 is 5.97 Å². The Labute approximate surface area is 93.9 Å². The molecule has 1 aliphatic heterocycles. The number of aliphatic hydroxyl groups is 1. The minimum Gasteiger partial charge on any atom is -0.458 e. The van der Waals surface area contributed by atoms with Crippen LogP contribution >= 0.6 is 0 Å². The molecule has 6 nitrogen and oxygen atoms in total. The summed E-state index contributed by atoms with van der Waals surface area (Å²) in [7, 11) is 0. The van der Waals surface area contributed by atoms with E-state index in [-0.39, 0.29) is 12.3 Å². The lowest BCUT2D eigenvalue weighted by molar-refractivity contribution is -0.214. The van der Waals surface area contributed by atoms with Gasteiger partial charge in [0, 0.05) is 20.3 Å². The van der Waals surface area contributed by atoms with Crippen molar-refractivity contribution in [2.24, 2.45) is 0 Å². The summed E-state index contributed by atoms with van der Waals surface area (Å²) < 4.78 is 10.2. The maximum Gasteiger partial charge on any atom is 0.303 e. The Balaban J connectivity index is 2.71.